The van der Waals surface area contributed by atoms with Crippen LogP contribution in [0.4, 0.5) is 0 Å². The maximum absolute atomic E-state index is 12.1. The number of ketones is 1. The summed E-state index contributed by atoms with van der Waals surface area (Å²) >= 11 is 7.74. The molecule has 5 heteroatoms. The number of piperazine rings is 1. The molecule has 0 atom stereocenters. The zero-order chi connectivity index (χ0) is 15.4. The normalized spacial score (nSPS) is 16.8. The highest BCUT2D eigenvalue weighted by molar-refractivity contribution is 7.12. The van der Waals surface area contributed by atoms with E-state index in [2.05, 4.69) is 15.9 Å². The Morgan fingerprint density at radius 3 is 2.45 bits per heavy atom. The molecule has 0 aliphatic carbocycles. The average Bonchev–Trinajstić information content (AvgIpc) is 3.06. The first-order chi connectivity index (χ1) is 10.7. The highest BCUT2D eigenvalue weighted by Crippen LogP contribution is 2.18. The van der Waals surface area contributed by atoms with Gasteiger partial charge in [-0.05, 0) is 23.1 Å². The second-order valence-electron chi connectivity index (χ2n) is 5.54. The van der Waals surface area contributed by atoms with Gasteiger partial charge >= 0.3 is 0 Å². The Morgan fingerprint density at radius 1 is 1.05 bits per heavy atom. The van der Waals surface area contributed by atoms with E-state index in [-0.39, 0.29) is 5.78 Å². The summed E-state index contributed by atoms with van der Waals surface area (Å²) in [6.45, 7) is 5.22. The van der Waals surface area contributed by atoms with E-state index in [4.69, 9.17) is 11.6 Å². The van der Waals surface area contributed by atoms with Crippen LogP contribution in [0.25, 0.3) is 0 Å². The number of nitrogens with zero attached hydrogens (tertiary/aromatic N) is 2. The largest absolute Gasteiger partial charge is 0.296 e. The van der Waals surface area contributed by atoms with Gasteiger partial charge in [0.25, 0.3) is 0 Å². The van der Waals surface area contributed by atoms with Crippen LogP contribution in [0, 0.1) is 0 Å². The van der Waals surface area contributed by atoms with Crippen molar-refractivity contribution in [3.05, 3.63) is 57.2 Å². The number of carbonyl (C=O) groups excluding carboxylic acids is 1. The predicted molar refractivity (Wildman–Crippen MR) is 91.8 cm³/mol. The zero-order valence-corrected chi connectivity index (χ0v) is 13.9. The number of rotatable bonds is 5. The lowest BCUT2D eigenvalue weighted by Crippen LogP contribution is -2.47. The standard InChI is InChI=1S/C17H19ClN2OS/c18-15-5-2-1-4-14(15)12-19-7-9-20(10-8-19)13-16(21)17-6-3-11-22-17/h1-6,11H,7-10,12-13H2. The molecule has 1 fully saturated rings. The first-order valence-electron chi connectivity index (χ1n) is 7.47. The molecule has 0 bridgehead atoms. The predicted octanol–water partition coefficient (Wildman–Crippen LogP) is 3.40. The summed E-state index contributed by atoms with van der Waals surface area (Å²) in [5.74, 6) is 0.231. The van der Waals surface area contributed by atoms with Crippen LogP contribution >= 0.6 is 22.9 Å². The summed E-state index contributed by atoms with van der Waals surface area (Å²) in [4.78, 5) is 17.6. The van der Waals surface area contributed by atoms with Crippen LogP contribution in [0.5, 0.6) is 0 Å². The molecule has 3 rings (SSSR count). The summed E-state index contributed by atoms with van der Waals surface area (Å²) in [5.41, 5.74) is 1.17. The highest BCUT2D eigenvalue weighted by Gasteiger charge is 2.20. The van der Waals surface area contributed by atoms with Crippen molar-refractivity contribution in [1.29, 1.82) is 0 Å². The van der Waals surface area contributed by atoms with E-state index in [0.29, 0.717) is 6.54 Å². The molecule has 0 radical (unpaired) electrons. The van der Waals surface area contributed by atoms with Gasteiger partial charge in [-0.15, -0.1) is 11.3 Å². The summed E-state index contributed by atoms with van der Waals surface area (Å²) in [6, 6.07) is 11.8. The van der Waals surface area contributed by atoms with Crippen molar-refractivity contribution in [3.8, 4) is 0 Å². The van der Waals surface area contributed by atoms with Crippen LogP contribution in [0.1, 0.15) is 15.2 Å². The van der Waals surface area contributed by atoms with Gasteiger partial charge in [0.2, 0.25) is 0 Å². The number of hydrogen-bond acceptors (Lipinski definition) is 4. The van der Waals surface area contributed by atoms with Gasteiger partial charge in [0.15, 0.2) is 5.78 Å². The van der Waals surface area contributed by atoms with Gasteiger partial charge < -0.3 is 0 Å². The fourth-order valence-electron chi connectivity index (χ4n) is 2.69. The molecule has 1 aromatic carbocycles. The Hall–Kier alpha value is -1.20. The molecule has 2 aromatic rings. The molecule has 0 spiro atoms. The molecule has 1 saturated heterocycles. The van der Waals surface area contributed by atoms with E-state index in [9.17, 15) is 4.79 Å². The Morgan fingerprint density at radius 2 is 1.77 bits per heavy atom. The first-order valence-corrected chi connectivity index (χ1v) is 8.73. The number of carbonyl (C=O) groups is 1. The smallest absolute Gasteiger partial charge is 0.186 e. The molecule has 1 aliphatic heterocycles. The molecule has 0 N–H and O–H groups in total. The third-order valence-electron chi connectivity index (χ3n) is 3.98. The monoisotopic (exact) mass is 334 g/mol. The number of hydrogen-bond donors (Lipinski definition) is 0. The Labute approximate surface area is 140 Å². The molecular weight excluding hydrogens is 316 g/mol. The summed E-state index contributed by atoms with van der Waals surface area (Å²) in [6.07, 6.45) is 0. The van der Waals surface area contributed by atoms with Gasteiger partial charge in [0.1, 0.15) is 0 Å². The van der Waals surface area contributed by atoms with Crippen LogP contribution in [0.3, 0.4) is 0 Å². The topological polar surface area (TPSA) is 23.6 Å². The van der Waals surface area contributed by atoms with Gasteiger partial charge in [-0.3, -0.25) is 14.6 Å². The third kappa shape index (κ3) is 3.96. The minimum absolute atomic E-state index is 0.231. The van der Waals surface area contributed by atoms with Crippen LogP contribution in [-0.4, -0.2) is 48.3 Å². The van der Waals surface area contributed by atoms with E-state index in [1.165, 1.54) is 16.9 Å². The quantitative estimate of drug-likeness (QED) is 0.783. The molecular formula is C17H19ClN2OS. The third-order valence-corrected chi connectivity index (χ3v) is 5.26. The molecule has 0 amide bonds. The van der Waals surface area contributed by atoms with Gasteiger partial charge in [-0.1, -0.05) is 35.9 Å². The molecule has 3 nitrogen and oxygen atoms in total. The fraction of sp³-hybridized carbons (Fsp3) is 0.353. The fourth-order valence-corrected chi connectivity index (χ4v) is 3.54. The molecule has 116 valence electrons. The molecule has 1 aromatic heterocycles. The average molecular weight is 335 g/mol. The Kier molecular flexibility index (Phi) is 5.26. The van der Waals surface area contributed by atoms with E-state index in [1.807, 2.05) is 35.7 Å². The Balaban J connectivity index is 1.48. The second-order valence-corrected chi connectivity index (χ2v) is 6.90. The molecule has 0 saturated carbocycles. The van der Waals surface area contributed by atoms with E-state index < -0.39 is 0 Å². The first kappa shape index (κ1) is 15.7. The maximum atomic E-state index is 12.1. The summed E-state index contributed by atoms with van der Waals surface area (Å²) < 4.78 is 0. The van der Waals surface area contributed by atoms with Crippen LogP contribution in [0.15, 0.2) is 41.8 Å². The van der Waals surface area contributed by atoms with Gasteiger partial charge in [-0.25, -0.2) is 0 Å². The van der Waals surface area contributed by atoms with Crippen molar-refractivity contribution in [1.82, 2.24) is 9.80 Å². The van der Waals surface area contributed by atoms with Gasteiger partial charge in [0.05, 0.1) is 11.4 Å². The summed E-state index contributed by atoms with van der Waals surface area (Å²) in [5, 5.41) is 2.78. The number of benzene rings is 1. The van der Waals surface area contributed by atoms with Crippen LogP contribution < -0.4 is 0 Å². The minimum Gasteiger partial charge on any atom is -0.296 e. The van der Waals surface area contributed by atoms with Crippen molar-refractivity contribution < 1.29 is 4.79 Å². The maximum Gasteiger partial charge on any atom is 0.186 e. The van der Waals surface area contributed by atoms with Gasteiger partial charge in [0, 0.05) is 37.7 Å². The van der Waals surface area contributed by atoms with Crippen LogP contribution in [-0.2, 0) is 6.54 Å². The van der Waals surface area contributed by atoms with Crippen LogP contribution in [0.2, 0.25) is 5.02 Å². The van der Waals surface area contributed by atoms with Crippen molar-refractivity contribution in [2.24, 2.45) is 0 Å². The molecule has 2 heterocycles. The number of halogens is 1. The lowest BCUT2D eigenvalue weighted by atomic mass is 10.2. The molecule has 1 aliphatic rings. The van der Waals surface area contributed by atoms with E-state index >= 15 is 0 Å². The number of thiophene rings is 1. The van der Waals surface area contributed by atoms with E-state index in [0.717, 1.165) is 42.6 Å². The lowest BCUT2D eigenvalue weighted by Gasteiger charge is -2.34. The van der Waals surface area contributed by atoms with Crippen molar-refractivity contribution in [2.45, 2.75) is 6.54 Å². The molecule has 0 unspecified atom stereocenters. The SMILES string of the molecule is O=C(CN1CCN(Cc2ccccc2Cl)CC1)c1cccs1. The highest BCUT2D eigenvalue weighted by atomic mass is 35.5. The number of Topliss-reactive ketones (excluding diaryl/α,β-unsaturated/α-hetero) is 1. The van der Waals surface area contributed by atoms with Crippen molar-refractivity contribution in [2.75, 3.05) is 32.7 Å². The lowest BCUT2D eigenvalue weighted by molar-refractivity contribution is 0.0847. The van der Waals surface area contributed by atoms with Gasteiger partial charge in [-0.2, -0.15) is 0 Å². The van der Waals surface area contributed by atoms with Crippen molar-refractivity contribution >= 4 is 28.7 Å². The zero-order valence-electron chi connectivity index (χ0n) is 12.4. The van der Waals surface area contributed by atoms with Crippen molar-refractivity contribution in [3.63, 3.8) is 0 Å². The molecule has 22 heavy (non-hydrogen) atoms. The minimum atomic E-state index is 0.231. The van der Waals surface area contributed by atoms with E-state index in [1.54, 1.807) is 0 Å². The summed E-state index contributed by atoms with van der Waals surface area (Å²) in [7, 11) is 0. The second kappa shape index (κ2) is 7.38. The Bertz CT molecular complexity index is 621.